The molecule has 0 N–H and O–H groups in total. The lowest BCUT2D eigenvalue weighted by atomic mass is 9.93. The number of rotatable bonds is 7. The number of hydrogen-bond donors (Lipinski definition) is 0. The molecule has 296 valence electrons. The minimum atomic E-state index is 0.911. The maximum atomic E-state index is 6.38. The van der Waals surface area contributed by atoms with Gasteiger partial charge in [0.1, 0.15) is 11.2 Å². The summed E-state index contributed by atoms with van der Waals surface area (Å²) < 4.78 is 6.38. The smallest absolute Gasteiger partial charge is 0.143 e. The second-order valence-electron chi connectivity index (χ2n) is 15.9. The quantitative estimate of drug-likeness (QED) is 0.160. The van der Waals surface area contributed by atoms with Crippen molar-refractivity contribution in [2.24, 2.45) is 0 Å². The van der Waals surface area contributed by atoms with Crippen LogP contribution in [0.5, 0.6) is 0 Å². The summed E-state index contributed by atoms with van der Waals surface area (Å²) in [5.41, 5.74) is 18.9. The van der Waals surface area contributed by atoms with Gasteiger partial charge in [-0.25, -0.2) is 0 Å². The van der Waals surface area contributed by atoms with Crippen molar-refractivity contribution >= 4 is 55.3 Å². The lowest BCUT2D eigenvalue weighted by Gasteiger charge is -2.27. The minimum Gasteiger partial charge on any atom is -0.455 e. The average molecular weight is 788 g/mol. The van der Waals surface area contributed by atoms with E-state index < -0.39 is 0 Å². The van der Waals surface area contributed by atoms with Crippen molar-refractivity contribution in [3.63, 3.8) is 0 Å². The fraction of sp³-hybridized carbons (Fsp3) is 0.0847. The first-order chi connectivity index (χ1) is 29.9. The zero-order valence-corrected chi connectivity index (χ0v) is 35.5. The van der Waals surface area contributed by atoms with Gasteiger partial charge < -0.3 is 9.32 Å². The molecule has 10 aromatic rings. The van der Waals surface area contributed by atoms with Crippen LogP contribution in [0, 0.1) is 20.8 Å². The predicted molar refractivity (Wildman–Crippen MR) is 262 cm³/mol. The van der Waals surface area contributed by atoms with E-state index in [0.29, 0.717) is 0 Å². The van der Waals surface area contributed by atoms with Crippen molar-refractivity contribution in [1.82, 2.24) is 0 Å². The second-order valence-corrected chi connectivity index (χ2v) is 15.9. The first kappa shape index (κ1) is 39.1. The summed E-state index contributed by atoms with van der Waals surface area (Å²) in [6.07, 6.45) is 2.13. The van der Waals surface area contributed by atoms with Crippen LogP contribution in [0.4, 0.5) is 17.1 Å². The summed E-state index contributed by atoms with van der Waals surface area (Å²) in [4.78, 5) is 2.37. The summed E-state index contributed by atoms with van der Waals surface area (Å²) in [6.45, 7) is 10.7. The molecule has 0 aliphatic rings. The molecule has 1 heterocycles. The molecule has 1 aromatic heterocycles. The molecule has 0 atom stereocenters. The highest BCUT2D eigenvalue weighted by atomic mass is 16.3. The Kier molecular flexibility index (Phi) is 10.9. The van der Waals surface area contributed by atoms with Gasteiger partial charge in [-0.2, -0.15) is 0 Å². The van der Waals surface area contributed by atoms with E-state index in [-0.39, 0.29) is 0 Å². The van der Waals surface area contributed by atoms with Crippen molar-refractivity contribution in [3.8, 4) is 33.4 Å². The number of hydrogen-bond acceptors (Lipinski definition) is 2. The molecule has 0 saturated carbocycles. The fourth-order valence-corrected chi connectivity index (χ4v) is 8.42. The Morgan fingerprint density at radius 3 is 1.80 bits per heavy atom. The van der Waals surface area contributed by atoms with Crippen LogP contribution in [0.25, 0.3) is 71.7 Å². The topological polar surface area (TPSA) is 16.4 Å². The van der Waals surface area contributed by atoms with Crippen LogP contribution in [-0.4, -0.2) is 0 Å². The van der Waals surface area contributed by atoms with Crippen LogP contribution in [0.2, 0.25) is 0 Å². The summed E-state index contributed by atoms with van der Waals surface area (Å²) in [6, 6.07) is 71.7. The van der Waals surface area contributed by atoms with Gasteiger partial charge in [0.05, 0.1) is 5.69 Å². The van der Waals surface area contributed by atoms with E-state index in [0.717, 1.165) is 50.1 Å². The molecule has 2 heteroatoms. The molecule has 0 bridgehead atoms. The van der Waals surface area contributed by atoms with E-state index in [4.69, 9.17) is 4.42 Å². The maximum absolute atomic E-state index is 6.38. The Bertz CT molecular complexity index is 3180. The molecule has 2 nitrogen and oxygen atoms in total. The van der Waals surface area contributed by atoms with Crippen LogP contribution in [0.15, 0.2) is 211 Å². The highest BCUT2D eigenvalue weighted by Crippen LogP contribution is 2.42. The second kappa shape index (κ2) is 17.0. The van der Waals surface area contributed by atoms with Gasteiger partial charge in [-0.3, -0.25) is 0 Å². The summed E-state index contributed by atoms with van der Waals surface area (Å²) in [5.74, 6) is 0. The van der Waals surface area contributed by atoms with Gasteiger partial charge in [0, 0.05) is 33.1 Å². The lowest BCUT2D eigenvalue weighted by Crippen LogP contribution is -2.10. The number of allylic oxidation sites excluding steroid dienone is 2. The molecule has 0 radical (unpaired) electrons. The number of para-hydroxylation sites is 2. The molecule has 0 fully saturated rings. The standard InChI is InChI=1S/C48H35NO.C11H14/c1-32-11-3-5-14-40(32)45-31-37(22-21-33(45)2)34-23-27-38(28-24-34)49(46-19-9-13-35-12-4-6-15-41(35)46)39-29-25-36(26-30-39)42-17-10-18-44-43-16-7-8-20-47(43)50-48(42)44;1-4-10(3)11-7-5-6-9(2)8-11/h3-31H,1-2H3;4-8H,1-3H3/b;10-4+. The van der Waals surface area contributed by atoms with Crippen molar-refractivity contribution in [2.45, 2.75) is 34.6 Å². The Morgan fingerprint density at radius 2 is 1.05 bits per heavy atom. The largest absolute Gasteiger partial charge is 0.455 e. The summed E-state index contributed by atoms with van der Waals surface area (Å²) in [7, 11) is 0. The third-order valence-electron chi connectivity index (χ3n) is 11.9. The molecular formula is C59H49NO. The van der Waals surface area contributed by atoms with E-state index in [1.54, 1.807) is 0 Å². The SMILES string of the molecule is C/C=C(\C)c1cccc(C)c1.Cc1ccccc1-c1cc(-c2ccc(N(c3ccc(-c4cccc5c4oc4ccccc45)cc3)c3cccc4ccccc34)cc2)ccc1C. The molecular weight excluding hydrogens is 739 g/mol. The zero-order chi connectivity index (χ0) is 41.9. The number of furan rings is 1. The molecule has 0 saturated heterocycles. The normalized spacial score (nSPS) is 11.5. The fourth-order valence-electron chi connectivity index (χ4n) is 8.42. The van der Waals surface area contributed by atoms with Crippen LogP contribution in [0.1, 0.15) is 36.1 Å². The molecule has 0 aliphatic carbocycles. The van der Waals surface area contributed by atoms with Crippen molar-refractivity contribution in [1.29, 1.82) is 0 Å². The van der Waals surface area contributed by atoms with E-state index in [9.17, 15) is 0 Å². The monoisotopic (exact) mass is 787 g/mol. The molecule has 61 heavy (non-hydrogen) atoms. The molecule has 9 aromatic carbocycles. The molecule has 0 unspecified atom stereocenters. The van der Waals surface area contributed by atoms with Crippen LogP contribution in [-0.2, 0) is 0 Å². The third-order valence-corrected chi connectivity index (χ3v) is 11.9. The molecule has 0 amide bonds. The average Bonchev–Trinajstić information content (AvgIpc) is 3.69. The van der Waals surface area contributed by atoms with Gasteiger partial charge in [0.15, 0.2) is 0 Å². The first-order valence-electron chi connectivity index (χ1n) is 21.1. The number of aryl methyl sites for hydroxylation is 3. The first-order valence-corrected chi connectivity index (χ1v) is 21.1. The maximum Gasteiger partial charge on any atom is 0.143 e. The number of nitrogens with zero attached hydrogens (tertiary/aromatic N) is 1. The zero-order valence-electron chi connectivity index (χ0n) is 35.5. The van der Waals surface area contributed by atoms with E-state index in [1.807, 2.05) is 12.1 Å². The van der Waals surface area contributed by atoms with Gasteiger partial charge in [-0.05, 0) is 133 Å². The Morgan fingerprint density at radius 1 is 0.459 bits per heavy atom. The number of fused-ring (bicyclic) bond motifs is 4. The Labute approximate surface area is 359 Å². The molecule has 10 rings (SSSR count). The summed E-state index contributed by atoms with van der Waals surface area (Å²) >= 11 is 0. The van der Waals surface area contributed by atoms with E-state index in [2.05, 4.69) is 234 Å². The van der Waals surface area contributed by atoms with Crippen molar-refractivity contribution in [3.05, 3.63) is 229 Å². The van der Waals surface area contributed by atoms with Gasteiger partial charge in [-0.1, -0.05) is 169 Å². The molecule has 0 aliphatic heterocycles. The van der Waals surface area contributed by atoms with Gasteiger partial charge in [0.25, 0.3) is 0 Å². The van der Waals surface area contributed by atoms with Crippen molar-refractivity contribution < 1.29 is 4.42 Å². The predicted octanol–water partition coefficient (Wildman–Crippen LogP) is 17.2. The van der Waals surface area contributed by atoms with Gasteiger partial charge >= 0.3 is 0 Å². The lowest BCUT2D eigenvalue weighted by molar-refractivity contribution is 0.670. The minimum absolute atomic E-state index is 0.911. The van der Waals surface area contributed by atoms with Gasteiger partial charge in [-0.15, -0.1) is 0 Å². The summed E-state index contributed by atoms with van der Waals surface area (Å²) in [5, 5.41) is 4.70. The Hall–Kier alpha value is -7.42. The van der Waals surface area contributed by atoms with Crippen molar-refractivity contribution in [2.75, 3.05) is 4.90 Å². The van der Waals surface area contributed by atoms with Gasteiger partial charge in [0.2, 0.25) is 0 Å². The highest BCUT2D eigenvalue weighted by molar-refractivity contribution is 6.09. The third kappa shape index (κ3) is 7.89. The van der Waals surface area contributed by atoms with Crippen LogP contribution in [0.3, 0.4) is 0 Å². The van der Waals surface area contributed by atoms with Crippen LogP contribution >= 0.6 is 0 Å². The highest BCUT2D eigenvalue weighted by Gasteiger charge is 2.18. The van der Waals surface area contributed by atoms with E-state index >= 15 is 0 Å². The Balaban J connectivity index is 0.000000379. The van der Waals surface area contributed by atoms with E-state index in [1.165, 1.54) is 60.9 Å². The number of benzene rings is 9. The number of anilines is 3. The van der Waals surface area contributed by atoms with Crippen LogP contribution < -0.4 is 4.90 Å². The molecule has 0 spiro atoms.